The molecule has 2 aromatic carbocycles. The Balaban J connectivity index is 2.50. The molecule has 0 atom stereocenters. The molecule has 2 rings (SSSR count). The molecule has 5 nitrogen and oxygen atoms in total. The molecule has 0 saturated heterocycles. The number of nitrogens with two attached hydrogens (primary N) is 1. The molecule has 0 unspecified atom stereocenters. The summed E-state index contributed by atoms with van der Waals surface area (Å²) in [4.78, 5) is 10.1. The Labute approximate surface area is 112 Å². The maximum absolute atomic E-state index is 13.7. The van der Waals surface area contributed by atoms with Gasteiger partial charge >= 0.3 is 5.69 Å². The second-order valence-corrected chi connectivity index (χ2v) is 3.87. The first kappa shape index (κ1) is 13.9. The molecule has 0 aromatic heterocycles. The predicted octanol–water partition coefficient (Wildman–Crippen LogP) is 3.12. The zero-order valence-corrected chi connectivity index (χ0v) is 10.2. The van der Waals surface area contributed by atoms with Gasteiger partial charge in [0.25, 0.3) is 0 Å². The Hall–Kier alpha value is -2.54. The molecule has 20 heavy (non-hydrogen) atoms. The largest absolute Gasteiger partial charge is 0.447 e. The van der Waals surface area contributed by atoms with Crippen LogP contribution in [0.1, 0.15) is 5.56 Å². The number of rotatable bonds is 4. The molecule has 0 aliphatic rings. The van der Waals surface area contributed by atoms with E-state index in [-0.39, 0.29) is 17.9 Å². The van der Waals surface area contributed by atoms with Gasteiger partial charge in [0.05, 0.1) is 4.92 Å². The molecule has 0 amide bonds. The highest BCUT2D eigenvalue weighted by Crippen LogP contribution is 2.35. The van der Waals surface area contributed by atoms with Crippen molar-refractivity contribution in [1.82, 2.24) is 0 Å². The zero-order chi connectivity index (χ0) is 14.7. The fourth-order valence-corrected chi connectivity index (χ4v) is 1.68. The van der Waals surface area contributed by atoms with Crippen molar-refractivity contribution < 1.29 is 18.4 Å². The van der Waals surface area contributed by atoms with Crippen LogP contribution in [0.25, 0.3) is 0 Å². The lowest BCUT2D eigenvalue weighted by atomic mass is 10.2. The van der Waals surface area contributed by atoms with E-state index >= 15 is 0 Å². The van der Waals surface area contributed by atoms with Crippen molar-refractivity contribution in [2.75, 3.05) is 0 Å². The summed E-state index contributed by atoms with van der Waals surface area (Å²) >= 11 is 0. The van der Waals surface area contributed by atoms with Gasteiger partial charge in [-0.25, -0.2) is 8.78 Å². The Bertz CT molecular complexity index is 662. The van der Waals surface area contributed by atoms with Gasteiger partial charge in [-0.15, -0.1) is 0 Å². The molecule has 0 spiro atoms. The first-order valence-electron chi connectivity index (χ1n) is 5.62. The van der Waals surface area contributed by atoms with Crippen LogP contribution in [0.2, 0.25) is 0 Å². The summed E-state index contributed by atoms with van der Waals surface area (Å²) in [5.74, 6) is -2.16. The van der Waals surface area contributed by atoms with Crippen molar-refractivity contribution >= 4 is 5.69 Å². The van der Waals surface area contributed by atoms with Gasteiger partial charge in [0, 0.05) is 18.2 Å². The summed E-state index contributed by atoms with van der Waals surface area (Å²) in [6.45, 7) is -0.176. The quantitative estimate of drug-likeness (QED) is 0.689. The van der Waals surface area contributed by atoms with Crippen molar-refractivity contribution in [3.63, 3.8) is 0 Å². The van der Waals surface area contributed by atoms with E-state index in [1.54, 1.807) is 0 Å². The average molecular weight is 280 g/mol. The molecule has 0 aliphatic heterocycles. The minimum Gasteiger partial charge on any atom is -0.447 e. The van der Waals surface area contributed by atoms with Gasteiger partial charge in [-0.2, -0.15) is 0 Å². The Morgan fingerprint density at radius 1 is 1.15 bits per heavy atom. The van der Waals surface area contributed by atoms with Gasteiger partial charge in [-0.05, 0) is 18.2 Å². The van der Waals surface area contributed by atoms with Gasteiger partial charge in [-0.3, -0.25) is 10.1 Å². The third-order valence-corrected chi connectivity index (χ3v) is 2.63. The predicted molar refractivity (Wildman–Crippen MR) is 67.4 cm³/mol. The van der Waals surface area contributed by atoms with E-state index in [2.05, 4.69) is 0 Å². The number of ether oxygens (including phenoxy) is 1. The van der Waals surface area contributed by atoms with Crippen LogP contribution in [0.5, 0.6) is 11.5 Å². The number of hydrogen-bond acceptors (Lipinski definition) is 4. The maximum Gasteiger partial charge on any atom is 0.314 e. The van der Waals surface area contributed by atoms with E-state index in [4.69, 9.17) is 10.5 Å². The number of para-hydroxylation sites is 1. The summed E-state index contributed by atoms with van der Waals surface area (Å²) in [5, 5.41) is 10.8. The molecule has 0 aliphatic carbocycles. The molecule has 2 aromatic rings. The van der Waals surface area contributed by atoms with Crippen LogP contribution in [0.4, 0.5) is 14.5 Å². The summed E-state index contributed by atoms with van der Waals surface area (Å²) < 4.78 is 32.4. The summed E-state index contributed by atoms with van der Waals surface area (Å²) in [5.41, 5.74) is 4.87. The third kappa shape index (κ3) is 2.57. The van der Waals surface area contributed by atoms with Crippen molar-refractivity contribution in [2.45, 2.75) is 6.54 Å². The Kier molecular flexibility index (Phi) is 3.90. The number of nitro groups is 1. The molecule has 0 saturated carbocycles. The van der Waals surface area contributed by atoms with E-state index < -0.39 is 28.0 Å². The van der Waals surface area contributed by atoms with E-state index in [0.29, 0.717) is 0 Å². The molecule has 0 bridgehead atoms. The average Bonchev–Trinajstić information content (AvgIpc) is 2.41. The Morgan fingerprint density at radius 2 is 1.80 bits per heavy atom. The van der Waals surface area contributed by atoms with E-state index in [1.165, 1.54) is 24.3 Å². The molecule has 0 heterocycles. The van der Waals surface area contributed by atoms with Gasteiger partial charge in [0.15, 0.2) is 5.82 Å². The molecule has 2 N–H and O–H groups in total. The smallest absolute Gasteiger partial charge is 0.314 e. The van der Waals surface area contributed by atoms with E-state index in [0.717, 1.165) is 12.1 Å². The van der Waals surface area contributed by atoms with Crippen LogP contribution in [0.3, 0.4) is 0 Å². The molecule has 0 fully saturated rings. The van der Waals surface area contributed by atoms with Crippen LogP contribution in [0, 0.1) is 21.7 Å². The molecule has 7 heteroatoms. The van der Waals surface area contributed by atoms with Crippen molar-refractivity contribution in [3.05, 3.63) is 63.7 Å². The minimum atomic E-state index is -0.911. The molecule has 0 radical (unpaired) electrons. The van der Waals surface area contributed by atoms with Crippen molar-refractivity contribution in [3.8, 4) is 11.5 Å². The summed E-state index contributed by atoms with van der Waals surface area (Å²) in [6, 6.07) is 7.18. The number of nitro benzene ring substituents is 1. The minimum absolute atomic E-state index is 0.0186. The number of nitrogens with zero attached hydrogens (tertiary/aromatic N) is 1. The van der Waals surface area contributed by atoms with Crippen LogP contribution < -0.4 is 10.5 Å². The molecule has 104 valence electrons. The van der Waals surface area contributed by atoms with E-state index in [1.807, 2.05) is 0 Å². The van der Waals surface area contributed by atoms with Gasteiger partial charge in [0.1, 0.15) is 11.6 Å². The zero-order valence-electron chi connectivity index (χ0n) is 10.2. The monoisotopic (exact) mass is 280 g/mol. The second-order valence-electron chi connectivity index (χ2n) is 3.87. The first-order chi connectivity index (χ1) is 9.54. The Morgan fingerprint density at radius 3 is 2.45 bits per heavy atom. The number of hydrogen-bond donors (Lipinski definition) is 1. The highest BCUT2D eigenvalue weighted by atomic mass is 19.1. The number of halogens is 2. The maximum atomic E-state index is 13.7. The van der Waals surface area contributed by atoms with Crippen molar-refractivity contribution in [1.29, 1.82) is 0 Å². The highest BCUT2D eigenvalue weighted by molar-refractivity contribution is 5.50. The summed E-state index contributed by atoms with van der Waals surface area (Å²) in [6.07, 6.45) is 0. The molecular formula is C13H10F2N2O3. The standard InChI is InChI=1S/C13H10F2N2O3/c14-9-3-2-6-12(8(9)7-16)20-13-10(15)4-1-5-11(13)17(18)19/h1-6H,7,16H2. The fraction of sp³-hybridized carbons (Fsp3) is 0.0769. The summed E-state index contributed by atoms with van der Waals surface area (Å²) in [7, 11) is 0. The lowest BCUT2D eigenvalue weighted by Gasteiger charge is -2.11. The topological polar surface area (TPSA) is 78.4 Å². The van der Waals surface area contributed by atoms with Crippen LogP contribution in [-0.4, -0.2) is 4.92 Å². The first-order valence-corrected chi connectivity index (χ1v) is 5.62. The third-order valence-electron chi connectivity index (χ3n) is 2.63. The van der Waals surface area contributed by atoms with Crippen LogP contribution >= 0.6 is 0 Å². The lowest BCUT2D eigenvalue weighted by molar-refractivity contribution is -0.385. The fourth-order valence-electron chi connectivity index (χ4n) is 1.68. The second kappa shape index (κ2) is 5.62. The van der Waals surface area contributed by atoms with Crippen LogP contribution in [0.15, 0.2) is 36.4 Å². The lowest BCUT2D eigenvalue weighted by Crippen LogP contribution is -2.04. The SMILES string of the molecule is NCc1c(F)cccc1Oc1c(F)cccc1[N+](=O)[O-]. The number of benzene rings is 2. The van der Waals surface area contributed by atoms with Gasteiger partial charge in [0.2, 0.25) is 5.75 Å². The van der Waals surface area contributed by atoms with Crippen molar-refractivity contribution in [2.24, 2.45) is 5.73 Å². The molecular weight excluding hydrogens is 270 g/mol. The van der Waals surface area contributed by atoms with Crippen LogP contribution in [-0.2, 0) is 6.54 Å². The van der Waals surface area contributed by atoms with E-state index in [9.17, 15) is 18.9 Å². The van der Waals surface area contributed by atoms with Gasteiger partial charge < -0.3 is 10.5 Å². The van der Waals surface area contributed by atoms with Gasteiger partial charge in [-0.1, -0.05) is 12.1 Å². The normalized spacial score (nSPS) is 10.3. The highest BCUT2D eigenvalue weighted by Gasteiger charge is 2.21.